The molecule has 0 aliphatic heterocycles. The average molecular weight is 538 g/mol. The van der Waals surface area contributed by atoms with Gasteiger partial charge in [-0.3, -0.25) is 19.9 Å². The van der Waals surface area contributed by atoms with Gasteiger partial charge in [-0.15, -0.1) is 11.3 Å². The van der Waals surface area contributed by atoms with E-state index in [0.717, 1.165) is 62.0 Å². The summed E-state index contributed by atoms with van der Waals surface area (Å²) < 4.78 is 0. The number of carbonyl (C=O) groups is 1. The first-order valence-electron chi connectivity index (χ1n) is 12.8. The van der Waals surface area contributed by atoms with E-state index in [2.05, 4.69) is 43.5 Å². The second kappa shape index (κ2) is 10.4. The van der Waals surface area contributed by atoms with Crippen molar-refractivity contribution in [3.63, 3.8) is 0 Å². The van der Waals surface area contributed by atoms with Crippen LogP contribution in [0.1, 0.15) is 42.8 Å². The molecule has 0 amide bonds. The molecule has 9 nitrogen and oxygen atoms in total. The van der Waals surface area contributed by atoms with Crippen molar-refractivity contribution in [1.82, 2.24) is 30.1 Å². The number of Topliss-reactive ketones (excluding diaryl/α,β-unsaturated/α-hetero) is 1. The van der Waals surface area contributed by atoms with E-state index < -0.39 is 6.23 Å². The summed E-state index contributed by atoms with van der Waals surface area (Å²) in [6, 6.07) is 11.8. The van der Waals surface area contributed by atoms with E-state index >= 15 is 0 Å². The fourth-order valence-corrected chi connectivity index (χ4v) is 5.52. The Bertz CT molecular complexity index is 1800. The van der Waals surface area contributed by atoms with Crippen LogP contribution >= 0.6 is 11.3 Å². The van der Waals surface area contributed by atoms with Gasteiger partial charge in [0.05, 0.1) is 34.0 Å². The summed E-state index contributed by atoms with van der Waals surface area (Å²) in [5.41, 5.74) is 6.67. The number of fused-ring (bicyclic) bond motifs is 2. The van der Waals surface area contributed by atoms with E-state index in [9.17, 15) is 9.90 Å². The number of hydrogen-bond acceptors (Lipinski definition) is 8. The normalized spacial score (nSPS) is 12.3. The third kappa shape index (κ3) is 4.91. The van der Waals surface area contributed by atoms with Crippen LogP contribution in [-0.4, -0.2) is 47.3 Å². The minimum atomic E-state index is -0.611. The highest BCUT2D eigenvalue weighted by Crippen LogP contribution is 2.35. The molecule has 39 heavy (non-hydrogen) atoms. The Hall–Kier alpha value is -4.41. The Kier molecular flexibility index (Phi) is 6.64. The Morgan fingerprint density at radius 1 is 1.05 bits per heavy atom. The van der Waals surface area contributed by atoms with Gasteiger partial charge < -0.3 is 15.4 Å². The number of aromatic amines is 2. The van der Waals surface area contributed by atoms with E-state index in [0.29, 0.717) is 22.8 Å². The molecule has 1 unspecified atom stereocenters. The largest absolute Gasteiger partial charge is 0.374 e. The summed E-state index contributed by atoms with van der Waals surface area (Å²) in [5, 5.41) is 22.0. The number of hydrogen-bond donors (Lipinski definition) is 4. The topological polar surface area (TPSA) is 132 Å². The van der Waals surface area contributed by atoms with Crippen LogP contribution < -0.4 is 5.32 Å². The lowest BCUT2D eigenvalue weighted by Gasteiger charge is -2.14. The van der Waals surface area contributed by atoms with Crippen molar-refractivity contribution in [2.45, 2.75) is 39.3 Å². The molecule has 0 saturated carbocycles. The minimum absolute atomic E-state index is 0.0390. The molecule has 10 heteroatoms. The third-order valence-electron chi connectivity index (χ3n) is 6.64. The van der Waals surface area contributed by atoms with Gasteiger partial charge in [-0.05, 0) is 55.7 Å². The Morgan fingerprint density at radius 3 is 2.74 bits per heavy atom. The summed E-state index contributed by atoms with van der Waals surface area (Å²) in [4.78, 5) is 30.5. The number of pyridine rings is 2. The molecule has 0 bridgehead atoms. The fraction of sp³-hybridized carbons (Fsp3) is 0.207. The lowest BCUT2D eigenvalue weighted by Crippen LogP contribution is -2.18. The molecule has 1 atom stereocenters. The number of anilines is 1. The summed E-state index contributed by atoms with van der Waals surface area (Å²) in [6.07, 6.45) is 9.10. The van der Waals surface area contributed by atoms with Crippen molar-refractivity contribution in [2.24, 2.45) is 0 Å². The van der Waals surface area contributed by atoms with E-state index in [1.165, 1.54) is 11.3 Å². The zero-order valence-electron chi connectivity index (χ0n) is 21.5. The highest BCUT2D eigenvalue weighted by Gasteiger charge is 2.17. The molecule has 196 valence electrons. The number of nitrogens with one attached hydrogen (secondary N) is 3. The van der Waals surface area contributed by atoms with Gasteiger partial charge in [-0.2, -0.15) is 5.10 Å². The number of imidazole rings is 1. The fourth-order valence-electron chi connectivity index (χ4n) is 4.61. The number of nitrogens with zero attached hydrogens (tertiary/aromatic N) is 4. The van der Waals surface area contributed by atoms with E-state index in [4.69, 9.17) is 4.98 Å². The lowest BCUT2D eigenvalue weighted by atomic mass is 10.0. The van der Waals surface area contributed by atoms with E-state index in [1.807, 2.05) is 30.3 Å². The number of carbonyl (C=O) groups excluding carboxylic acids is 1. The van der Waals surface area contributed by atoms with Gasteiger partial charge in [0.1, 0.15) is 17.4 Å². The van der Waals surface area contributed by atoms with Crippen molar-refractivity contribution < 1.29 is 9.90 Å². The molecule has 0 saturated heterocycles. The highest BCUT2D eigenvalue weighted by molar-refractivity contribution is 7.17. The minimum Gasteiger partial charge on any atom is -0.374 e. The Morgan fingerprint density at radius 2 is 1.92 bits per heavy atom. The molecule has 0 aliphatic carbocycles. The zero-order chi connectivity index (χ0) is 26.9. The Balaban J connectivity index is 1.36. The number of ketones is 1. The molecule has 0 fully saturated rings. The predicted octanol–water partition coefficient (Wildman–Crippen LogP) is 6.41. The molecule has 6 aromatic rings. The number of thiophene rings is 1. The molecule has 5 heterocycles. The summed E-state index contributed by atoms with van der Waals surface area (Å²) in [7, 11) is 0. The first-order chi connectivity index (χ1) is 19.0. The SMILES string of the molecule is CCCCC(O)Nc1cncc(-c2ccc3[nH]nc(-c4nc5c(-c6ccc(C(C)=O)s6)cncc5[nH]4)c3c2)c1. The third-order valence-corrected chi connectivity index (χ3v) is 7.86. The molecule has 0 spiro atoms. The average Bonchev–Trinajstić information content (AvgIpc) is 3.69. The summed E-state index contributed by atoms with van der Waals surface area (Å²) in [6.45, 7) is 3.67. The van der Waals surface area contributed by atoms with Crippen LogP contribution in [0, 0.1) is 0 Å². The van der Waals surface area contributed by atoms with Crippen LogP contribution in [0.5, 0.6) is 0 Å². The second-order valence-electron chi connectivity index (χ2n) is 9.49. The maximum atomic E-state index is 11.8. The molecule has 5 aromatic heterocycles. The number of aliphatic hydroxyl groups excluding tert-OH is 1. The molecular formula is C29H27N7O2S. The molecule has 1 aromatic carbocycles. The number of aromatic nitrogens is 6. The Labute approximate surface area is 228 Å². The number of aliphatic hydroxyl groups is 1. The van der Waals surface area contributed by atoms with Gasteiger partial charge in [0.2, 0.25) is 0 Å². The van der Waals surface area contributed by atoms with Crippen LogP contribution in [-0.2, 0) is 0 Å². The monoisotopic (exact) mass is 537 g/mol. The maximum absolute atomic E-state index is 11.8. The standard InChI is InChI=1S/C29H27N7O2S/c1-3-4-5-26(38)32-19-10-18(12-30-13-19)17-6-7-22-20(11-17)28(36-35-22)29-33-23-15-31-14-21(27(23)34-29)25-9-8-24(39-25)16(2)37/h6-15,26,32,38H,3-5H2,1-2H3,(H,33,34)(H,35,36). The molecule has 4 N–H and O–H groups in total. The van der Waals surface area contributed by atoms with Crippen molar-refractivity contribution in [1.29, 1.82) is 0 Å². The van der Waals surface area contributed by atoms with E-state index in [-0.39, 0.29) is 5.78 Å². The van der Waals surface area contributed by atoms with Crippen LogP contribution in [0.15, 0.2) is 61.2 Å². The lowest BCUT2D eigenvalue weighted by molar-refractivity contribution is 0.102. The number of unbranched alkanes of at least 4 members (excludes halogenated alkanes) is 1. The highest BCUT2D eigenvalue weighted by atomic mass is 32.1. The van der Waals surface area contributed by atoms with Gasteiger partial charge in [0.25, 0.3) is 0 Å². The van der Waals surface area contributed by atoms with Gasteiger partial charge in [-0.1, -0.05) is 19.4 Å². The van der Waals surface area contributed by atoms with Crippen LogP contribution in [0.4, 0.5) is 5.69 Å². The smallest absolute Gasteiger partial charge is 0.169 e. The molecule has 0 radical (unpaired) electrons. The summed E-state index contributed by atoms with van der Waals surface area (Å²) >= 11 is 1.43. The second-order valence-corrected chi connectivity index (χ2v) is 10.6. The number of benzene rings is 1. The quantitative estimate of drug-likeness (QED) is 0.124. The maximum Gasteiger partial charge on any atom is 0.169 e. The molecule has 6 rings (SSSR count). The van der Waals surface area contributed by atoms with Crippen molar-refractivity contribution in [2.75, 3.05) is 5.32 Å². The van der Waals surface area contributed by atoms with Gasteiger partial charge in [0.15, 0.2) is 11.6 Å². The van der Waals surface area contributed by atoms with Gasteiger partial charge in [-0.25, -0.2) is 4.98 Å². The van der Waals surface area contributed by atoms with Gasteiger partial charge >= 0.3 is 0 Å². The van der Waals surface area contributed by atoms with Crippen LogP contribution in [0.2, 0.25) is 0 Å². The predicted molar refractivity (Wildman–Crippen MR) is 155 cm³/mol. The number of rotatable bonds is 9. The van der Waals surface area contributed by atoms with Gasteiger partial charge in [0, 0.05) is 33.8 Å². The van der Waals surface area contributed by atoms with Crippen LogP contribution in [0.3, 0.4) is 0 Å². The number of H-pyrrole nitrogens is 2. The van der Waals surface area contributed by atoms with E-state index in [1.54, 1.807) is 31.7 Å². The van der Waals surface area contributed by atoms with Crippen molar-refractivity contribution in [3.05, 3.63) is 66.1 Å². The molecular weight excluding hydrogens is 510 g/mol. The first-order valence-corrected chi connectivity index (χ1v) is 13.6. The zero-order valence-corrected chi connectivity index (χ0v) is 22.3. The molecule has 0 aliphatic rings. The van der Waals surface area contributed by atoms with Crippen LogP contribution in [0.25, 0.3) is 55.0 Å². The van der Waals surface area contributed by atoms with Crippen molar-refractivity contribution in [3.8, 4) is 33.1 Å². The first kappa shape index (κ1) is 24.9. The van der Waals surface area contributed by atoms with Crippen molar-refractivity contribution >= 4 is 44.7 Å². The summed E-state index contributed by atoms with van der Waals surface area (Å²) in [5.74, 6) is 0.663.